The fraction of sp³-hybridized carbons (Fsp3) is 0.100. The third-order valence-electron chi connectivity index (χ3n) is 4.01. The fourth-order valence-electron chi connectivity index (χ4n) is 2.46. The minimum atomic E-state index is -3.44. The number of anilines is 2. The zero-order valence-corrected chi connectivity index (χ0v) is 17.6. The molecule has 0 saturated carbocycles. The first-order valence-electron chi connectivity index (χ1n) is 8.64. The molecule has 0 radical (unpaired) electrons. The van der Waals surface area contributed by atoms with E-state index >= 15 is 0 Å². The largest absolute Gasteiger partial charge is 0.321 e. The molecule has 154 valence electrons. The second kappa shape index (κ2) is 8.60. The van der Waals surface area contributed by atoms with Gasteiger partial charge in [-0.05, 0) is 43.3 Å². The molecule has 0 aliphatic rings. The van der Waals surface area contributed by atoms with Crippen LogP contribution in [0, 0.1) is 6.92 Å². The van der Waals surface area contributed by atoms with Crippen molar-refractivity contribution in [2.45, 2.75) is 11.8 Å². The highest BCUT2D eigenvalue weighted by Crippen LogP contribution is 2.26. The van der Waals surface area contributed by atoms with Gasteiger partial charge in [0, 0.05) is 23.7 Å². The third-order valence-corrected chi connectivity index (χ3v) is 5.44. The number of nitrogens with zero attached hydrogens (tertiary/aromatic N) is 2. The fourth-order valence-corrected chi connectivity index (χ4v) is 3.36. The van der Waals surface area contributed by atoms with Crippen LogP contribution in [0.2, 0.25) is 5.02 Å². The number of rotatable bonds is 5. The van der Waals surface area contributed by atoms with Crippen LogP contribution in [-0.4, -0.2) is 36.5 Å². The van der Waals surface area contributed by atoms with Gasteiger partial charge in [-0.3, -0.25) is 14.6 Å². The normalized spacial score (nSPS) is 11.0. The molecule has 2 N–H and O–H groups in total. The molecular formula is C20H17ClN4O4S. The molecule has 0 saturated heterocycles. The van der Waals surface area contributed by atoms with Gasteiger partial charge in [-0.25, -0.2) is 13.4 Å². The molecule has 0 fully saturated rings. The van der Waals surface area contributed by atoms with Gasteiger partial charge in [-0.15, -0.1) is 0 Å². The van der Waals surface area contributed by atoms with E-state index in [2.05, 4.69) is 20.6 Å². The van der Waals surface area contributed by atoms with Crippen molar-refractivity contribution in [3.63, 3.8) is 0 Å². The van der Waals surface area contributed by atoms with Crippen LogP contribution in [0.3, 0.4) is 0 Å². The zero-order valence-electron chi connectivity index (χ0n) is 16.0. The number of aromatic nitrogens is 2. The summed E-state index contributed by atoms with van der Waals surface area (Å²) in [5, 5.41) is 5.46. The number of halogens is 1. The molecule has 0 bridgehead atoms. The van der Waals surface area contributed by atoms with Gasteiger partial charge in [-0.1, -0.05) is 17.7 Å². The predicted molar refractivity (Wildman–Crippen MR) is 114 cm³/mol. The molecule has 3 rings (SSSR count). The van der Waals surface area contributed by atoms with Crippen molar-refractivity contribution in [3.8, 4) is 0 Å². The molecule has 0 spiro atoms. The zero-order chi connectivity index (χ0) is 21.9. The van der Waals surface area contributed by atoms with Gasteiger partial charge in [0.05, 0.1) is 27.5 Å². The van der Waals surface area contributed by atoms with Crippen molar-refractivity contribution in [1.29, 1.82) is 0 Å². The van der Waals surface area contributed by atoms with Crippen LogP contribution >= 0.6 is 11.6 Å². The lowest BCUT2D eigenvalue weighted by atomic mass is 10.2. The van der Waals surface area contributed by atoms with E-state index in [9.17, 15) is 18.0 Å². The van der Waals surface area contributed by atoms with Crippen molar-refractivity contribution in [3.05, 3.63) is 76.8 Å². The van der Waals surface area contributed by atoms with E-state index in [1.807, 2.05) is 0 Å². The number of sulfone groups is 1. The van der Waals surface area contributed by atoms with Gasteiger partial charge in [0.2, 0.25) is 0 Å². The molecule has 10 heteroatoms. The molecule has 8 nitrogen and oxygen atoms in total. The highest BCUT2D eigenvalue weighted by atomic mass is 35.5. The second-order valence-corrected chi connectivity index (χ2v) is 8.87. The Kier molecular flexibility index (Phi) is 6.14. The van der Waals surface area contributed by atoms with E-state index in [0.717, 1.165) is 6.26 Å². The summed E-state index contributed by atoms with van der Waals surface area (Å²) in [5.41, 5.74) is 1.73. The number of hydrogen-bond donors (Lipinski definition) is 2. The van der Waals surface area contributed by atoms with E-state index < -0.39 is 21.7 Å². The number of benzene rings is 2. The number of carbonyl (C=O) groups is 2. The SMILES string of the molecule is Cc1cnc(C(=O)Nc2ccc(NC(=O)c3cccc(S(C)(=O)=O)c3)c(Cl)c2)cn1. The first kappa shape index (κ1) is 21.4. The molecule has 30 heavy (non-hydrogen) atoms. The van der Waals surface area contributed by atoms with Crippen LogP contribution in [0.1, 0.15) is 26.5 Å². The minimum absolute atomic E-state index is 0.0403. The predicted octanol–water partition coefficient (Wildman–Crippen LogP) is 3.35. The van der Waals surface area contributed by atoms with Crippen molar-refractivity contribution in [2.75, 3.05) is 16.9 Å². The van der Waals surface area contributed by atoms with Crippen molar-refractivity contribution in [1.82, 2.24) is 9.97 Å². The summed E-state index contributed by atoms with van der Waals surface area (Å²) in [6.45, 7) is 1.76. The molecular weight excluding hydrogens is 428 g/mol. The first-order valence-corrected chi connectivity index (χ1v) is 10.9. The van der Waals surface area contributed by atoms with Gasteiger partial charge < -0.3 is 10.6 Å². The van der Waals surface area contributed by atoms with Crippen molar-refractivity contribution < 1.29 is 18.0 Å². The Morgan fingerprint density at radius 1 is 0.967 bits per heavy atom. The van der Waals surface area contributed by atoms with E-state index in [4.69, 9.17) is 11.6 Å². The summed E-state index contributed by atoms with van der Waals surface area (Å²) in [6, 6.07) is 10.2. The van der Waals surface area contributed by atoms with Crippen LogP contribution in [0.15, 0.2) is 59.8 Å². The number of amides is 2. The maximum absolute atomic E-state index is 12.5. The quantitative estimate of drug-likeness (QED) is 0.623. The Bertz CT molecular complexity index is 1230. The minimum Gasteiger partial charge on any atom is -0.321 e. The highest BCUT2D eigenvalue weighted by Gasteiger charge is 2.14. The van der Waals surface area contributed by atoms with Gasteiger partial charge in [-0.2, -0.15) is 0 Å². The van der Waals surface area contributed by atoms with Crippen LogP contribution in [-0.2, 0) is 9.84 Å². The molecule has 0 atom stereocenters. The van der Waals surface area contributed by atoms with E-state index in [1.54, 1.807) is 13.0 Å². The maximum Gasteiger partial charge on any atom is 0.275 e. The summed E-state index contributed by atoms with van der Waals surface area (Å²) in [7, 11) is -3.44. The smallest absolute Gasteiger partial charge is 0.275 e. The third kappa shape index (κ3) is 5.19. The topological polar surface area (TPSA) is 118 Å². The average Bonchev–Trinajstić information content (AvgIpc) is 2.70. The van der Waals surface area contributed by atoms with Crippen LogP contribution in [0.25, 0.3) is 0 Å². The van der Waals surface area contributed by atoms with E-state index in [-0.39, 0.29) is 21.2 Å². The second-order valence-electron chi connectivity index (χ2n) is 6.45. The molecule has 2 amide bonds. The van der Waals surface area contributed by atoms with Gasteiger partial charge >= 0.3 is 0 Å². The molecule has 3 aromatic rings. The summed E-state index contributed by atoms with van der Waals surface area (Å²) in [6.07, 6.45) is 3.92. The Morgan fingerprint density at radius 2 is 1.73 bits per heavy atom. The monoisotopic (exact) mass is 444 g/mol. The first-order chi connectivity index (χ1) is 14.1. The van der Waals surface area contributed by atoms with Gasteiger partial charge in [0.25, 0.3) is 11.8 Å². The molecule has 0 aliphatic heterocycles. The summed E-state index contributed by atoms with van der Waals surface area (Å²) in [5.74, 6) is -0.970. The summed E-state index contributed by atoms with van der Waals surface area (Å²) in [4.78, 5) is 32.8. The number of hydrogen-bond acceptors (Lipinski definition) is 6. The van der Waals surface area contributed by atoms with Gasteiger partial charge in [0.1, 0.15) is 5.69 Å². The Morgan fingerprint density at radius 3 is 2.37 bits per heavy atom. The molecule has 0 aliphatic carbocycles. The number of carbonyl (C=O) groups excluding carboxylic acids is 2. The lowest BCUT2D eigenvalue weighted by molar-refractivity contribution is 0.101. The van der Waals surface area contributed by atoms with Crippen LogP contribution in [0.4, 0.5) is 11.4 Å². The molecule has 0 unspecified atom stereocenters. The van der Waals surface area contributed by atoms with E-state index in [1.165, 1.54) is 48.8 Å². The van der Waals surface area contributed by atoms with Crippen LogP contribution in [0.5, 0.6) is 0 Å². The van der Waals surface area contributed by atoms with Crippen molar-refractivity contribution in [2.24, 2.45) is 0 Å². The Labute approximate surface area is 178 Å². The summed E-state index contributed by atoms with van der Waals surface area (Å²) >= 11 is 6.23. The Balaban J connectivity index is 1.73. The lowest BCUT2D eigenvalue weighted by Crippen LogP contribution is -2.15. The highest BCUT2D eigenvalue weighted by molar-refractivity contribution is 7.90. The molecule has 1 aromatic heterocycles. The lowest BCUT2D eigenvalue weighted by Gasteiger charge is -2.10. The van der Waals surface area contributed by atoms with Crippen LogP contribution < -0.4 is 10.6 Å². The summed E-state index contributed by atoms with van der Waals surface area (Å²) < 4.78 is 23.3. The molecule has 1 heterocycles. The molecule has 2 aromatic carbocycles. The standard InChI is InChI=1S/C20H17ClN4O4S/c1-12-10-23-18(11-22-12)20(27)24-14-6-7-17(16(21)9-14)25-19(26)13-4-3-5-15(8-13)30(2,28)29/h3-11H,1-2H3,(H,24,27)(H,25,26). The van der Waals surface area contributed by atoms with E-state index in [0.29, 0.717) is 17.1 Å². The Hall–Kier alpha value is -3.30. The maximum atomic E-state index is 12.5. The van der Waals surface area contributed by atoms with Crippen molar-refractivity contribution >= 4 is 44.6 Å². The average molecular weight is 445 g/mol. The number of nitrogens with one attached hydrogen (secondary N) is 2. The van der Waals surface area contributed by atoms with Gasteiger partial charge in [0.15, 0.2) is 9.84 Å². The number of aryl methyl sites for hydroxylation is 1.